The van der Waals surface area contributed by atoms with Gasteiger partial charge in [0.05, 0.1) is 4.92 Å². The van der Waals surface area contributed by atoms with E-state index in [1.807, 2.05) is 0 Å². The number of nitrogens with one attached hydrogen (secondary N) is 1. The number of nitrogens with zero attached hydrogens (tertiary/aromatic N) is 3. The summed E-state index contributed by atoms with van der Waals surface area (Å²) in [6, 6.07) is 3.15. The molecule has 0 aliphatic carbocycles. The lowest BCUT2D eigenvalue weighted by molar-refractivity contribution is -0.385. The molecule has 1 saturated heterocycles. The zero-order valence-corrected chi connectivity index (χ0v) is 11.9. The molecular formula is C14H22N4O2. The summed E-state index contributed by atoms with van der Waals surface area (Å²) in [5, 5.41) is 13.8. The van der Waals surface area contributed by atoms with Crippen LogP contribution in [-0.2, 0) is 0 Å². The third kappa shape index (κ3) is 4.16. The lowest BCUT2D eigenvalue weighted by Crippen LogP contribution is -2.33. The van der Waals surface area contributed by atoms with Crippen LogP contribution in [0.3, 0.4) is 0 Å². The molecule has 1 aromatic heterocycles. The average molecular weight is 278 g/mol. The number of likely N-dealkylation sites (tertiary alicyclic amines) is 1. The molecule has 0 amide bonds. The number of anilines is 1. The first-order valence-corrected chi connectivity index (χ1v) is 7.25. The van der Waals surface area contributed by atoms with Gasteiger partial charge in [-0.25, -0.2) is 4.98 Å². The number of hydrogen-bond donors (Lipinski definition) is 1. The Morgan fingerprint density at radius 3 is 2.75 bits per heavy atom. The molecule has 2 heterocycles. The number of nitro groups is 1. The summed E-state index contributed by atoms with van der Waals surface area (Å²) < 4.78 is 0. The van der Waals surface area contributed by atoms with Gasteiger partial charge in [0.1, 0.15) is 12.0 Å². The molecule has 0 atom stereocenters. The zero-order valence-electron chi connectivity index (χ0n) is 11.9. The van der Waals surface area contributed by atoms with Crippen molar-refractivity contribution in [3.8, 4) is 0 Å². The van der Waals surface area contributed by atoms with Crippen molar-refractivity contribution in [1.29, 1.82) is 0 Å². The molecule has 20 heavy (non-hydrogen) atoms. The number of pyridine rings is 1. The van der Waals surface area contributed by atoms with Gasteiger partial charge in [0, 0.05) is 12.6 Å². The van der Waals surface area contributed by atoms with Crippen LogP contribution in [0.1, 0.15) is 26.2 Å². The Morgan fingerprint density at radius 1 is 1.45 bits per heavy atom. The SMILES string of the molecule is CCN1CCC(CCNc2ccc([N+](=O)[O-])cn2)CC1. The predicted molar refractivity (Wildman–Crippen MR) is 78.8 cm³/mol. The Balaban J connectivity index is 1.69. The molecule has 0 unspecified atom stereocenters. The van der Waals surface area contributed by atoms with Crippen molar-refractivity contribution in [3.63, 3.8) is 0 Å². The van der Waals surface area contributed by atoms with Crippen molar-refractivity contribution in [3.05, 3.63) is 28.4 Å². The van der Waals surface area contributed by atoms with Crippen molar-refractivity contribution in [2.24, 2.45) is 5.92 Å². The van der Waals surface area contributed by atoms with E-state index in [2.05, 4.69) is 22.1 Å². The van der Waals surface area contributed by atoms with Crippen LogP contribution in [0.4, 0.5) is 11.5 Å². The van der Waals surface area contributed by atoms with Crippen LogP contribution in [0.25, 0.3) is 0 Å². The summed E-state index contributed by atoms with van der Waals surface area (Å²) in [7, 11) is 0. The third-order valence-corrected chi connectivity index (χ3v) is 3.97. The Labute approximate surface area is 119 Å². The molecule has 0 bridgehead atoms. The van der Waals surface area contributed by atoms with E-state index in [0.717, 1.165) is 25.4 Å². The summed E-state index contributed by atoms with van der Waals surface area (Å²) in [4.78, 5) is 16.6. The molecule has 6 nitrogen and oxygen atoms in total. The molecule has 0 spiro atoms. The maximum absolute atomic E-state index is 10.5. The fourth-order valence-corrected chi connectivity index (χ4v) is 2.59. The lowest BCUT2D eigenvalue weighted by Gasteiger charge is -2.31. The minimum atomic E-state index is -0.432. The fraction of sp³-hybridized carbons (Fsp3) is 0.643. The molecule has 1 aromatic rings. The smallest absolute Gasteiger partial charge is 0.287 e. The highest BCUT2D eigenvalue weighted by atomic mass is 16.6. The number of piperidine rings is 1. The van der Waals surface area contributed by atoms with Gasteiger partial charge in [-0.2, -0.15) is 0 Å². The highest BCUT2D eigenvalue weighted by Gasteiger charge is 2.17. The van der Waals surface area contributed by atoms with Gasteiger partial charge in [0.15, 0.2) is 0 Å². The molecule has 1 N–H and O–H groups in total. The van der Waals surface area contributed by atoms with E-state index in [1.54, 1.807) is 6.07 Å². The quantitative estimate of drug-likeness (QED) is 0.639. The van der Waals surface area contributed by atoms with E-state index in [4.69, 9.17) is 0 Å². The summed E-state index contributed by atoms with van der Waals surface area (Å²) in [5.74, 6) is 1.49. The summed E-state index contributed by atoms with van der Waals surface area (Å²) >= 11 is 0. The first kappa shape index (κ1) is 14.7. The molecule has 0 saturated carbocycles. The van der Waals surface area contributed by atoms with E-state index in [0.29, 0.717) is 5.82 Å². The highest BCUT2D eigenvalue weighted by molar-refractivity contribution is 5.39. The van der Waals surface area contributed by atoms with Gasteiger partial charge in [-0.05, 0) is 50.9 Å². The lowest BCUT2D eigenvalue weighted by atomic mass is 9.93. The van der Waals surface area contributed by atoms with Crippen LogP contribution in [0.5, 0.6) is 0 Å². The van der Waals surface area contributed by atoms with Crippen LogP contribution in [0.15, 0.2) is 18.3 Å². The highest BCUT2D eigenvalue weighted by Crippen LogP contribution is 2.20. The minimum Gasteiger partial charge on any atom is -0.370 e. The molecule has 6 heteroatoms. The molecule has 110 valence electrons. The largest absolute Gasteiger partial charge is 0.370 e. The average Bonchev–Trinajstić information content (AvgIpc) is 2.48. The second-order valence-corrected chi connectivity index (χ2v) is 5.25. The topological polar surface area (TPSA) is 71.3 Å². The van der Waals surface area contributed by atoms with Crippen molar-refractivity contribution < 1.29 is 4.92 Å². The van der Waals surface area contributed by atoms with E-state index < -0.39 is 4.92 Å². The first-order valence-electron chi connectivity index (χ1n) is 7.25. The minimum absolute atomic E-state index is 0.0301. The molecule has 2 rings (SSSR count). The van der Waals surface area contributed by atoms with Crippen molar-refractivity contribution in [2.45, 2.75) is 26.2 Å². The van der Waals surface area contributed by atoms with Crippen LogP contribution in [-0.4, -0.2) is 41.0 Å². The summed E-state index contributed by atoms with van der Waals surface area (Å²) in [6.07, 6.45) is 4.96. The van der Waals surface area contributed by atoms with E-state index in [9.17, 15) is 10.1 Å². The number of rotatable bonds is 6. The third-order valence-electron chi connectivity index (χ3n) is 3.97. The van der Waals surface area contributed by atoms with Gasteiger partial charge in [0.25, 0.3) is 5.69 Å². The van der Waals surface area contributed by atoms with E-state index in [1.165, 1.54) is 38.2 Å². The molecule has 0 aromatic carbocycles. The Bertz CT molecular complexity index is 427. The zero-order chi connectivity index (χ0) is 14.4. The van der Waals surface area contributed by atoms with Crippen LogP contribution >= 0.6 is 0 Å². The maximum atomic E-state index is 10.5. The standard InChI is InChI=1S/C14H22N4O2/c1-2-17-9-6-12(7-10-17)5-8-15-14-4-3-13(11-16-14)18(19)20/h3-4,11-12H,2,5-10H2,1H3,(H,15,16). The van der Waals surface area contributed by atoms with E-state index in [-0.39, 0.29) is 5.69 Å². The van der Waals surface area contributed by atoms with Gasteiger partial charge in [-0.1, -0.05) is 6.92 Å². The molecular weight excluding hydrogens is 256 g/mol. The molecule has 1 aliphatic rings. The predicted octanol–water partition coefficient (Wildman–Crippen LogP) is 2.52. The van der Waals surface area contributed by atoms with Gasteiger partial charge < -0.3 is 10.2 Å². The maximum Gasteiger partial charge on any atom is 0.287 e. The molecule has 0 radical (unpaired) electrons. The molecule has 1 aliphatic heterocycles. The van der Waals surface area contributed by atoms with Gasteiger partial charge in [0.2, 0.25) is 0 Å². The fourth-order valence-electron chi connectivity index (χ4n) is 2.59. The Hall–Kier alpha value is -1.69. The monoisotopic (exact) mass is 278 g/mol. The van der Waals surface area contributed by atoms with Crippen molar-refractivity contribution in [1.82, 2.24) is 9.88 Å². The van der Waals surface area contributed by atoms with Crippen molar-refractivity contribution >= 4 is 11.5 Å². The van der Waals surface area contributed by atoms with Crippen LogP contribution < -0.4 is 5.32 Å². The first-order chi connectivity index (χ1) is 9.69. The summed E-state index contributed by atoms with van der Waals surface area (Å²) in [6.45, 7) is 6.65. The molecule has 1 fully saturated rings. The summed E-state index contributed by atoms with van der Waals surface area (Å²) in [5.41, 5.74) is 0.0301. The Morgan fingerprint density at radius 2 is 2.20 bits per heavy atom. The number of hydrogen-bond acceptors (Lipinski definition) is 5. The van der Waals surface area contributed by atoms with Gasteiger partial charge >= 0.3 is 0 Å². The second kappa shape index (κ2) is 7.19. The Kier molecular flexibility index (Phi) is 5.29. The van der Waals surface area contributed by atoms with Gasteiger partial charge in [-0.15, -0.1) is 0 Å². The van der Waals surface area contributed by atoms with Crippen molar-refractivity contribution in [2.75, 3.05) is 31.5 Å². The normalized spacial score (nSPS) is 17.1. The number of aromatic nitrogens is 1. The van der Waals surface area contributed by atoms with Crippen LogP contribution in [0.2, 0.25) is 0 Å². The van der Waals surface area contributed by atoms with Crippen LogP contribution in [0, 0.1) is 16.0 Å². The van der Waals surface area contributed by atoms with E-state index >= 15 is 0 Å². The van der Waals surface area contributed by atoms with Gasteiger partial charge in [-0.3, -0.25) is 10.1 Å². The second-order valence-electron chi connectivity index (χ2n) is 5.25.